The first-order chi connectivity index (χ1) is 8.16. The summed E-state index contributed by atoms with van der Waals surface area (Å²) in [6.07, 6.45) is 1.10. The van der Waals surface area contributed by atoms with Gasteiger partial charge in [0.1, 0.15) is 0 Å². The second kappa shape index (κ2) is 5.19. The van der Waals surface area contributed by atoms with Gasteiger partial charge in [-0.2, -0.15) is 0 Å². The summed E-state index contributed by atoms with van der Waals surface area (Å²) in [5, 5.41) is 12.2. The Morgan fingerprint density at radius 1 is 1.59 bits per heavy atom. The number of carboxylic acid groups (broad SMARTS) is 1. The van der Waals surface area contributed by atoms with Crippen molar-refractivity contribution in [2.24, 2.45) is 5.92 Å². The molecule has 2 N–H and O–H groups in total. The number of carboxylic acids is 1. The van der Waals surface area contributed by atoms with E-state index in [-0.39, 0.29) is 0 Å². The zero-order valence-electron chi connectivity index (χ0n) is 9.90. The average Bonchev–Trinajstić information content (AvgIpc) is 2.80. The van der Waals surface area contributed by atoms with Crippen LogP contribution in [0, 0.1) is 12.8 Å². The molecule has 0 spiro atoms. The first-order valence-electron chi connectivity index (χ1n) is 5.82. The molecule has 4 heteroatoms. The van der Waals surface area contributed by atoms with Crippen molar-refractivity contribution in [1.82, 2.24) is 0 Å². The molecule has 0 aliphatic carbocycles. The molecule has 1 fully saturated rings. The van der Waals surface area contributed by atoms with Gasteiger partial charge in [-0.15, -0.1) is 0 Å². The van der Waals surface area contributed by atoms with Gasteiger partial charge in [-0.1, -0.05) is 0 Å². The number of nitrogens with one attached hydrogen (secondary N) is 1. The Kier molecular flexibility index (Phi) is 3.64. The molecular formula is C13H17NO3. The Bertz CT molecular complexity index is 411. The highest BCUT2D eigenvalue weighted by Crippen LogP contribution is 2.19. The van der Waals surface area contributed by atoms with Gasteiger partial charge in [-0.05, 0) is 37.1 Å². The molecule has 1 unspecified atom stereocenters. The molecule has 1 saturated heterocycles. The fraction of sp³-hybridized carbons (Fsp3) is 0.462. The second-order valence-corrected chi connectivity index (χ2v) is 4.45. The third kappa shape index (κ3) is 2.97. The smallest absolute Gasteiger partial charge is 0.335 e. The van der Waals surface area contributed by atoms with Crippen LogP contribution in [0.5, 0.6) is 0 Å². The molecular weight excluding hydrogens is 218 g/mol. The predicted molar refractivity (Wildman–Crippen MR) is 65.6 cm³/mol. The number of benzene rings is 1. The summed E-state index contributed by atoms with van der Waals surface area (Å²) >= 11 is 0. The molecule has 17 heavy (non-hydrogen) atoms. The van der Waals surface area contributed by atoms with Gasteiger partial charge < -0.3 is 15.2 Å². The van der Waals surface area contributed by atoms with E-state index < -0.39 is 5.97 Å². The van der Waals surface area contributed by atoms with Crippen molar-refractivity contribution < 1.29 is 14.6 Å². The van der Waals surface area contributed by atoms with E-state index in [1.54, 1.807) is 12.1 Å². The number of hydrogen-bond donors (Lipinski definition) is 2. The Hall–Kier alpha value is -1.55. The van der Waals surface area contributed by atoms with Crippen molar-refractivity contribution in [3.8, 4) is 0 Å². The highest BCUT2D eigenvalue weighted by atomic mass is 16.5. The fourth-order valence-corrected chi connectivity index (χ4v) is 1.99. The lowest BCUT2D eigenvalue weighted by Gasteiger charge is -2.13. The van der Waals surface area contributed by atoms with Gasteiger partial charge in [0.2, 0.25) is 0 Å². The minimum Gasteiger partial charge on any atom is -0.478 e. The molecule has 1 heterocycles. The Balaban J connectivity index is 1.98. The van der Waals surface area contributed by atoms with Crippen molar-refractivity contribution in [3.05, 3.63) is 29.3 Å². The average molecular weight is 235 g/mol. The molecule has 0 aromatic heterocycles. The van der Waals surface area contributed by atoms with E-state index in [0.29, 0.717) is 11.5 Å². The summed E-state index contributed by atoms with van der Waals surface area (Å²) in [6, 6.07) is 5.15. The van der Waals surface area contributed by atoms with E-state index in [2.05, 4.69) is 5.32 Å². The molecule has 0 bridgehead atoms. The summed E-state index contributed by atoms with van der Waals surface area (Å²) in [7, 11) is 0. The van der Waals surface area contributed by atoms with Crippen molar-refractivity contribution in [2.75, 3.05) is 25.1 Å². The zero-order valence-corrected chi connectivity index (χ0v) is 9.90. The molecule has 1 atom stereocenters. The largest absolute Gasteiger partial charge is 0.478 e. The van der Waals surface area contributed by atoms with Crippen LogP contribution in [0.4, 0.5) is 5.69 Å². The van der Waals surface area contributed by atoms with E-state index in [9.17, 15) is 4.79 Å². The Morgan fingerprint density at radius 2 is 2.41 bits per heavy atom. The van der Waals surface area contributed by atoms with Crippen molar-refractivity contribution >= 4 is 11.7 Å². The van der Waals surface area contributed by atoms with Gasteiger partial charge in [-0.25, -0.2) is 4.79 Å². The first kappa shape index (κ1) is 11.9. The lowest BCUT2D eigenvalue weighted by molar-refractivity contribution is 0.0697. The Labute approximate surface area is 101 Å². The standard InChI is InChI=1S/C13H17NO3/c1-9-6-11(13(15)16)2-3-12(9)14-7-10-4-5-17-8-10/h2-3,6,10,14H,4-5,7-8H2,1H3,(H,15,16). The number of ether oxygens (including phenoxy) is 1. The van der Waals surface area contributed by atoms with Crippen molar-refractivity contribution in [2.45, 2.75) is 13.3 Å². The van der Waals surface area contributed by atoms with Crippen LogP contribution in [-0.4, -0.2) is 30.8 Å². The molecule has 1 aliphatic heterocycles. The van der Waals surface area contributed by atoms with Crippen LogP contribution >= 0.6 is 0 Å². The number of rotatable bonds is 4. The quantitative estimate of drug-likeness (QED) is 0.839. The number of anilines is 1. The number of carbonyl (C=O) groups is 1. The van der Waals surface area contributed by atoms with Crippen LogP contribution < -0.4 is 5.32 Å². The lowest BCUT2D eigenvalue weighted by Crippen LogP contribution is -2.14. The van der Waals surface area contributed by atoms with Crippen molar-refractivity contribution in [1.29, 1.82) is 0 Å². The van der Waals surface area contributed by atoms with Crippen molar-refractivity contribution in [3.63, 3.8) is 0 Å². The summed E-state index contributed by atoms with van der Waals surface area (Å²) < 4.78 is 5.31. The van der Waals surface area contributed by atoms with E-state index in [1.165, 1.54) is 0 Å². The molecule has 1 aliphatic rings. The van der Waals surface area contributed by atoms with Crippen LogP contribution in [0.15, 0.2) is 18.2 Å². The molecule has 92 valence electrons. The molecule has 1 aromatic rings. The second-order valence-electron chi connectivity index (χ2n) is 4.45. The van der Waals surface area contributed by atoms with Gasteiger partial charge in [0.25, 0.3) is 0 Å². The SMILES string of the molecule is Cc1cc(C(=O)O)ccc1NCC1CCOC1. The summed E-state index contributed by atoms with van der Waals surface area (Å²) in [5.74, 6) is -0.322. The summed E-state index contributed by atoms with van der Waals surface area (Å²) in [6.45, 7) is 4.47. The van der Waals surface area contributed by atoms with E-state index in [0.717, 1.165) is 37.4 Å². The highest BCUT2D eigenvalue weighted by Gasteiger charge is 2.15. The number of aromatic carboxylic acids is 1. The van der Waals surface area contributed by atoms with Gasteiger partial charge in [0, 0.05) is 24.8 Å². The highest BCUT2D eigenvalue weighted by molar-refractivity contribution is 5.88. The summed E-state index contributed by atoms with van der Waals surface area (Å²) in [5.41, 5.74) is 2.29. The zero-order chi connectivity index (χ0) is 12.3. The molecule has 0 amide bonds. The minimum atomic E-state index is -0.885. The normalized spacial score (nSPS) is 19.2. The Morgan fingerprint density at radius 3 is 3.00 bits per heavy atom. The van der Waals surface area contributed by atoms with E-state index in [4.69, 9.17) is 9.84 Å². The van der Waals surface area contributed by atoms with Gasteiger partial charge in [0.15, 0.2) is 0 Å². The van der Waals surface area contributed by atoms with Gasteiger partial charge in [-0.3, -0.25) is 0 Å². The minimum absolute atomic E-state index is 0.331. The maximum Gasteiger partial charge on any atom is 0.335 e. The molecule has 0 radical (unpaired) electrons. The topological polar surface area (TPSA) is 58.6 Å². The molecule has 4 nitrogen and oxygen atoms in total. The monoisotopic (exact) mass is 235 g/mol. The number of hydrogen-bond acceptors (Lipinski definition) is 3. The number of aryl methyl sites for hydroxylation is 1. The van der Waals surface area contributed by atoms with E-state index in [1.807, 2.05) is 13.0 Å². The maximum absolute atomic E-state index is 10.8. The molecule has 2 rings (SSSR count). The third-order valence-electron chi connectivity index (χ3n) is 3.08. The van der Waals surface area contributed by atoms with Crippen LogP contribution in [0.1, 0.15) is 22.3 Å². The fourth-order valence-electron chi connectivity index (χ4n) is 1.99. The van der Waals surface area contributed by atoms with Crippen LogP contribution in [0.25, 0.3) is 0 Å². The lowest BCUT2D eigenvalue weighted by atomic mass is 10.1. The third-order valence-corrected chi connectivity index (χ3v) is 3.08. The van der Waals surface area contributed by atoms with Crippen LogP contribution in [-0.2, 0) is 4.74 Å². The van der Waals surface area contributed by atoms with E-state index >= 15 is 0 Å². The van der Waals surface area contributed by atoms with Gasteiger partial charge in [0.05, 0.1) is 12.2 Å². The summed E-state index contributed by atoms with van der Waals surface area (Å²) in [4.78, 5) is 10.8. The van der Waals surface area contributed by atoms with Crippen LogP contribution in [0.2, 0.25) is 0 Å². The molecule has 0 saturated carbocycles. The van der Waals surface area contributed by atoms with Crippen LogP contribution in [0.3, 0.4) is 0 Å². The van der Waals surface area contributed by atoms with Gasteiger partial charge >= 0.3 is 5.97 Å². The maximum atomic E-state index is 10.8. The first-order valence-corrected chi connectivity index (χ1v) is 5.82. The molecule has 1 aromatic carbocycles. The predicted octanol–water partition coefficient (Wildman–Crippen LogP) is 2.14.